The second-order valence-corrected chi connectivity index (χ2v) is 5.57. The van der Waals surface area contributed by atoms with Crippen LogP contribution in [0, 0.1) is 0 Å². The minimum atomic E-state index is -0.222. The molecule has 92 valence electrons. The van der Waals surface area contributed by atoms with Gasteiger partial charge in [-0.05, 0) is 50.3 Å². The summed E-state index contributed by atoms with van der Waals surface area (Å²) >= 11 is 0. The number of anilines is 1. The first-order valence-corrected chi connectivity index (χ1v) is 6.76. The molecule has 1 saturated carbocycles. The summed E-state index contributed by atoms with van der Waals surface area (Å²) in [5.41, 5.74) is 2.73. The van der Waals surface area contributed by atoms with Gasteiger partial charge in [-0.15, -0.1) is 0 Å². The van der Waals surface area contributed by atoms with E-state index in [1.54, 1.807) is 0 Å². The summed E-state index contributed by atoms with van der Waals surface area (Å²) in [6, 6.07) is 8.88. The minimum Gasteiger partial charge on any atom is -0.392 e. The molecule has 2 nitrogen and oxygen atoms in total. The zero-order chi connectivity index (χ0) is 11.9. The fourth-order valence-corrected chi connectivity index (χ4v) is 3.06. The van der Waals surface area contributed by atoms with Crippen molar-refractivity contribution in [2.45, 2.75) is 44.1 Å². The van der Waals surface area contributed by atoms with Crippen LogP contribution < -0.4 is 4.90 Å². The molecule has 1 heterocycles. The molecule has 0 spiro atoms. The molecule has 0 radical (unpaired) electrons. The molecule has 2 heteroatoms. The van der Waals surface area contributed by atoms with Crippen LogP contribution in [0.3, 0.4) is 0 Å². The second-order valence-electron chi connectivity index (χ2n) is 5.57. The lowest BCUT2D eigenvalue weighted by Crippen LogP contribution is -2.23. The monoisotopic (exact) mass is 231 g/mol. The Morgan fingerprint density at radius 1 is 1.12 bits per heavy atom. The van der Waals surface area contributed by atoms with Crippen LogP contribution in [-0.2, 0) is 5.41 Å². The van der Waals surface area contributed by atoms with Gasteiger partial charge in [0.2, 0.25) is 0 Å². The van der Waals surface area contributed by atoms with Gasteiger partial charge in [0.25, 0.3) is 0 Å². The molecule has 2 aliphatic rings. The van der Waals surface area contributed by atoms with E-state index in [0.717, 1.165) is 12.8 Å². The fraction of sp³-hybridized carbons (Fsp3) is 0.600. The quantitative estimate of drug-likeness (QED) is 0.864. The molecule has 1 aliphatic heterocycles. The summed E-state index contributed by atoms with van der Waals surface area (Å²) < 4.78 is 0. The Morgan fingerprint density at radius 3 is 2.18 bits per heavy atom. The van der Waals surface area contributed by atoms with Gasteiger partial charge in [-0.25, -0.2) is 0 Å². The number of aliphatic hydroxyl groups excluding tert-OH is 1. The van der Waals surface area contributed by atoms with Crippen LogP contribution in [0.2, 0.25) is 0 Å². The lowest BCUT2D eigenvalue weighted by atomic mass is 9.91. The molecule has 0 amide bonds. The third kappa shape index (κ3) is 1.85. The maximum absolute atomic E-state index is 9.87. The van der Waals surface area contributed by atoms with Crippen molar-refractivity contribution in [3.05, 3.63) is 29.8 Å². The van der Waals surface area contributed by atoms with Gasteiger partial charge in [0.15, 0.2) is 0 Å². The van der Waals surface area contributed by atoms with Crippen molar-refractivity contribution < 1.29 is 5.11 Å². The van der Waals surface area contributed by atoms with E-state index in [0.29, 0.717) is 0 Å². The Bertz CT molecular complexity index is 386. The van der Waals surface area contributed by atoms with Crippen LogP contribution >= 0.6 is 0 Å². The third-order valence-electron chi connectivity index (χ3n) is 4.50. The van der Waals surface area contributed by atoms with Crippen molar-refractivity contribution in [1.82, 2.24) is 0 Å². The van der Waals surface area contributed by atoms with Gasteiger partial charge in [0.1, 0.15) is 0 Å². The highest BCUT2D eigenvalue weighted by Gasteiger charge is 2.48. The average Bonchev–Trinajstić information content (AvgIpc) is 2.98. The molecule has 1 unspecified atom stereocenters. The van der Waals surface area contributed by atoms with Crippen LogP contribution in [-0.4, -0.2) is 24.3 Å². The van der Waals surface area contributed by atoms with E-state index in [-0.39, 0.29) is 11.5 Å². The van der Waals surface area contributed by atoms with Gasteiger partial charge in [-0.2, -0.15) is 0 Å². The summed E-state index contributed by atoms with van der Waals surface area (Å²) in [6.45, 7) is 4.31. The standard InChI is InChI=1S/C15H21NO/c1-12(17)15(8-9-15)13-4-6-14(7-5-13)16-10-2-3-11-16/h4-7,12,17H,2-3,8-11H2,1H3. The van der Waals surface area contributed by atoms with Gasteiger partial charge in [-0.1, -0.05) is 12.1 Å². The summed E-state index contributed by atoms with van der Waals surface area (Å²) in [4.78, 5) is 2.45. The first-order valence-electron chi connectivity index (χ1n) is 6.76. The molecule has 1 N–H and O–H groups in total. The number of rotatable bonds is 3. The Morgan fingerprint density at radius 2 is 1.71 bits per heavy atom. The lowest BCUT2D eigenvalue weighted by molar-refractivity contribution is 0.150. The maximum Gasteiger partial charge on any atom is 0.0608 e. The molecule has 0 aromatic heterocycles. The van der Waals surface area contributed by atoms with Crippen LogP contribution in [0.15, 0.2) is 24.3 Å². The molecular weight excluding hydrogens is 210 g/mol. The predicted molar refractivity (Wildman–Crippen MR) is 70.5 cm³/mol. The number of benzene rings is 1. The van der Waals surface area contributed by atoms with Gasteiger partial charge < -0.3 is 10.0 Å². The summed E-state index contributed by atoms with van der Waals surface area (Å²) in [5, 5.41) is 9.87. The molecule has 3 rings (SSSR count). The average molecular weight is 231 g/mol. The molecule has 1 aliphatic carbocycles. The molecular formula is C15H21NO. The van der Waals surface area contributed by atoms with Crippen molar-refractivity contribution in [2.24, 2.45) is 0 Å². The first-order chi connectivity index (χ1) is 8.22. The number of hydrogen-bond acceptors (Lipinski definition) is 2. The summed E-state index contributed by atoms with van der Waals surface area (Å²) in [5.74, 6) is 0. The predicted octanol–water partition coefficient (Wildman–Crippen LogP) is 2.70. The van der Waals surface area contributed by atoms with Gasteiger partial charge in [0.05, 0.1) is 6.10 Å². The van der Waals surface area contributed by atoms with Crippen molar-refractivity contribution in [3.63, 3.8) is 0 Å². The Labute approximate surface area is 103 Å². The minimum absolute atomic E-state index is 0.0730. The maximum atomic E-state index is 9.87. The molecule has 0 bridgehead atoms. The smallest absolute Gasteiger partial charge is 0.0608 e. The second kappa shape index (κ2) is 4.02. The van der Waals surface area contributed by atoms with E-state index >= 15 is 0 Å². The third-order valence-corrected chi connectivity index (χ3v) is 4.50. The van der Waals surface area contributed by atoms with Crippen LogP contribution in [0.4, 0.5) is 5.69 Å². The Balaban J connectivity index is 1.80. The largest absolute Gasteiger partial charge is 0.392 e. The normalized spacial score (nSPS) is 23.8. The van der Waals surface area contributed by atoms with E-state index in [1.807, 2.05) is 6.92 Å². The zero-order valence-electron chi connectivity index (χ0n) is 10.5. The van der Waals surface area contributed by atoms with E-state index in [2.05, 4.69) is 29.2 Å². The highest BCUT2D eigenvalue weighted by atomic mass is 16.3. The van der Waals surface area contributed by atoms with E-state index in [1.165, 1.54) is 37.2 Å². The molecule has 2 fully saturated rings. The first kappa shape index (κ1) is 11.1. The van der Waals surface area contributed by atoms with E-state index < -0.39 is 0 Å². The van der Waals surface area contributed by atoms with Gasteiger partial charge in [0, 0.05) is 24.2 Å². The summed E-state index contributed by atoms with van der Waals surface area (Å²) in [7, 11) is 0. The zero-order valence-corrected chi connectivity index (χ0v) is 10.5. The van der Waals surface area contributed by atoms with Crippen LogP contribution in [0.1, 0.15) is 38.2 Å². The SMILES string of the molecule is CC(O)C1(c2ccc(N3CCCC3)cc2)CC1. The molecule has 17 heavy (non-hydrogen) atoms. The van der Waals surface area contributed by atoms with Crippen molar-refractivity contribution >= 4 is 5.69 Å². The highest BCUT2D eigenvalue weighted by Crippen LogP contribution is 2.51. The molecule has 1 aromatic carbocycles. The Kier molecular flexibility index (Phi) is 2.62. The van der Waals surface area contributed by atoms with Crippen molar-refractivity contribution in [2.75, 3.05) is 18.0 Å². The summed E-state index contributed by atoms with van der Waals surface area (Å²) in [6.07, 6.45) is 4.68. The van der Waals surface area contributed by atoms with Gasteiger partial charge >= 0.3 is 0 Å². The van der Waals surface area contributed by atoms with Crippen molar-refractivity contribution in [1.29, 1.82) is 0 Å². The fourth-order valence-electron chi connectivity index (χ4n) is 3.06. The number of nitrogens with zero attached hydrogens (tertiary/aromatic N) is 1. The molecule has 1 atom stereocenters. The van der Waals surface area contributed by atoms with Crippen LogP contribution in [0.25, 0.3) is 0 Å². The molecule has 1 aromatic rings. The van der Waals surface area contributed by atoms with E-state index in [4.69, 9.17) is 0 Å². The highest BCUT2D eigenvalue weighted by molar-refractivity contribution is 5.50. The topological polar surface area (TPSA) is 23.5 Å². The number of hydrogen-bond donors (Lipinski definition) is 1. The molecule has 1 saturated heterocycles. The van der Waals surface area contributed by atoms with Gasteiger partial charge in [-0.3, -0.25) is 0 Å². The van der Waals surface area contributed by atoms with Crippen molar-refractivity contribution in [3.8, 4) is 0 Å². The van der Waals surface area contributed by atoms with Crippen LogP contribution in [0.5, 0.6) is 0 Å². The Hall–Kier alpha value is -1.02. The lowest BCUT2D eigenvalue weighted by Gasteiger charge is -2.22. The van der Waals surface area contributed by atoms with E-state index in [9.17, 15) is 5.11 Å². The number of aliphatic hydroxyl groups is 1.